The van der Waals surface area contributed by atoms with Crippen molar-refractivity contribution in [1.82, 2.24) is 4.98 Å². The molecule has 0 aliphatic rings. The molecule has 0 radical (unpaired) electrons. The van der Waals surface area contributed by atoms with E-state index in [1.165, 1.54) is 30.6 Å². The van der Waals surface area contributed by atoms with Gasteiger partial charge in [-0.05, 0) is 5.56 Å². The molecule has 0 spiro atoms. The molecule has 2 N–H and O–H groups in total. The number of carboxylic acids is 1. The van der Waals surface area contributed by atoms with Crippen molar-refractivity contribution < 1.29 is 14.8 Å². The average molecular weight is 232 g/mol. The van der Waals surface area contributed by atoms with Crippen LogP contribution in [-0.4, -0.2) is 21.0 Å². The topological polar surface area (TPSA) is 96.2 Å². The molecule has 6 nitrogen and oxygen atoms in total. The Morgan fingerprint density at radius 1 is 1.35 bits per heavy atom. The second kappa shape index (κ2) is 4.09. The fourth-order valence-electron chi connectivity index (χ4n) is 1.57. The van der Waals surface area contributed by atoms with E-state index >= 15 is 0 Å². The van der Waals surface area contributed by atoms with Gasteiger partial charge in [0.2, 0.25) is 0 Å². The molecule has 86 valence electrons. The number of carbonyl (C=O) groups is 1. The lowest BCUT2D eigenvalue weighted by atomic mass is 10.0. The van der Waals surface area contributed by atoms with Crippen molar-refractivity contribution in [3.05, 3.63) is 52.3 Å². The van der Waals surface area contributed by atoms with Crippen molar-refractivity contribution in [2.24, 2.45) is 0 Å². The number of nitrogens with zero attached hydrogens (tertiary/aromatic N) is 1. The summed E-state index contributed by atoms with van der Waals surface area (Å²) in [6.45, 7) is 0. The largest absolute Gasteiger partial charge is 0.478 e. The van der Waals surface area contributed by atoms with Crippen molar-refractivity contribution in [3.63, 3.8) is 0 Å². The quantitative estimate of drug-likeness (QED) is 0.626. The van der Waals surface area contributed by atoms with E-state index in [9.17, 15) is 14.9 Å². The Morgan fingerprint density at radius 2 is 2.12 bits per heavy atom. The molecular weight excluding hydrogens is 224 g/mol. The molecule has 0 bridgehead atoms. The molecule has 0 unspecified atom stereocenters. The van der Waals surface area contributed by atoms with E-state index < -0.39 is 10.9 Å². The molecule has 0 atom stereocenters. The molecule has 2 rings (SSSR count). The molecule has 0 aliphatic carbocycles. The van der Waals surface area contributed by atoms with Crippen molar-refractivity contribution in [1.29, 1.82) is 0 Å². The van der Waals surface area contributed by atoms with E-state index in [-0.39, 0.29) is 11.3 Å². The van der Waals surface area contributed by atoms with Gasteiger partial charge < -0.3 is 10.1 Å². The van der Waals surface area contributed by atoms with Gasteiger partial charge in [-0.3, -0.25) is 10.1 Å². The van der Waals surface area contributed by atoms with Crippen LogP contribution in [0.2, 0.25) is 0 Å². The standard InChI is InChI=1S/C11H8N2O4/c14-11(15)10-6-12-5-9(10)7-2-1-3-8(4-7)13(16)17/h1-6,12H,(H,14,15). The van der Waals surface area contributed by atoms with E-state index in [1.807, 2.05) is 0 Å². The molecule has 6 heteroatoms. The Morgan fingerprint density at radius 3 is 2.76 bits per heavy atom. The van der Waals surface area contributed by atoms with Crippen molar-refractivity contribution in [2.75, 3.05) is 0 Å². The number of aromatic amines is 1. The number of aromatic carboxylic acids is 1. The second-order valence-electron chi connectivity index (χ2n) is 3.40. The smallest absolute Gasteiger partial charge is 0.337 e. The van der Waals surface area contributed by atoms with Crippen LogP contribution in [0, 0.1) is 10.1 Å². The first-order valence-corrected chi connectivity index (χ1v) is 4.74. The molecule has 2 aromatic rings. The van der Waals surface area contributed by atoms with Gasteiger partial charge in [0, 0.05) is 30.1 Å². The molecule has 0 saturated heterocycles. The first kappa shape index (κ1) is 10.9. The minimum Gasteiger partial charge on any atom is -0.478 e. The van der Waals surface area contributed by atoms with Crippen molar-refractivity contribution in [2.45, 2.75) is 0 Å². The monoisotopic (exact) mass is 232 g/mol. The van der Waals surface area contributed by atoms with Gasteiger partial charge in [-0.1, -0.05) is 12.1 Å². The Balaban J connectivity index is 2.53. The summed E-state index contributed by atoms with van der Waals surface area (Å²) >= 11 is 0. The highest BCUT2D eigenvalue weighted by atomic mass is 16.6. The first-order chi connectivity index (χ1) is 8.09. The third-order valence-electron chi connectivity index (χ3n) is 2.34. The van der Waals surface area contributed by atoms with Gasteiger partial charge in [-0.15, -0.1) is 0 Å². The van der Waals surface area contributed by atoms with Gasteiger partial charge in [-0.25, -0.2) is 4.79 Å². The Kier molecular flexibility index (Phi) is 2.61. The normalized spacial score (nSPS) is 10.1. The summed E-state index contributed by atoms with van der Waals surface area (Å²) < 4.78 is 0. The lowest BCUT2D eigenvalue weighted by Crippen LogP contribution is -1.96. The fourth-order valence-corrected chi connectivity index (χ4v) is 1.57. The van der Waals surface area contributed by atoms with Gasteiger partial charge in [-0.2, -0.15) is 0 Å². The first-order valence-electron chi connectivity index (χ1n) is 4.74. The lowest BCUT2D eigenvalue weighted by molar-refractivity contribution is -0.384. The van der Waals surface area contributed by atoms with E-state index in [0.29, 0.717) is 11.1 Å². The fraction of sp³-hybridized carbons (Fsp3) is 0. The maximum Gasteiger partial charge on any atom is 0.337 e. The molecule has 0 aliphatic heterocycles. The van der Waals surface area contributed by atoms with Crippen molar-refractivity contribution in [3.8, 4) is 11.1 Å². The van der Waals surface area contributed by atoms with Crippen LogP contribution in [0.1, 0.15) is 10.4 Å². The van der Waals surface area contributed by atoms with E-state index in [2.05, 4.69) is 4.98 Å². The highest BCUT2D eigenvalue weighted by molar-refractivity contribution is 5.96. The summed E-state index contributed by atoms with van der Waals surface area (Å²) in [7, 11) is 0. The second-order valence-corrected chi connectivity index (χ2v) is 3.40. The number of aromatic nitrogens is 1. The molecule has 0 fully saturated rings. The predicted octanol–water partition coefficient (Wildman–Crippen LogP) is 2.29. The highest BCUT2D eigenvalue weighted by Crippen LogP contribution is 2.26. The number of nitrogens with one attached hydrogen (secondary N) is 1. The number of non-ortho nitro benzene ring substituents is 1. The minimum absolute atomic E-state index is 0.0694. The number of benzene rings is 1. The summed E-state index contributed by atoms with van der Waals surface area (Å²) in [6.07, 6.45) is 2.85. The maximum atomic E-state index is 10.9. The zero-order valence-electron chi connectivity index (χ0n) is 8.58. The third kappa shape index (κ3) is 2.00. The summed E-state index contributed by atoms with van der Waals surface area (Å²) in [5.74, 6) is -1.08. The zero-order valence-corrected chi connectivity index (χ0v) is 8.58. The number of nitro groups is 1. The van der Waals surface area contributed by atoms with Gasteiger partial charge in [0.15, 0.2) is 0 Å². The summed E-state index contributed by atoms with van der Waals surface area (Å²) in [6, 6.07) is 5.85. The predicted molar refractivity (Wildman–Crippen MR) is 59.8 cm³/mol. The van der Waals surface area contributed by atoms with Crippen LogP contribution in [0.4, 0.5) is 5.69 Å². The van der Waals surface area contributed by atoms with E-state index in [1.54, 1.807) is 6.07 Å². The third-order valence-corrected chi connectivity index (χ3v) is 2.34. The Hall–Kier alpha value is -2.63. The number of H-pyrrole nitrogens is 1. The van der Waals surface area contributed by atoms with Gasteiger partial charge in [0.05, 0.1) is 10.5 Å². The molecule has 1 aromatic carbocycles. The van der Waals surface area contributed by atoms with E-state index in [0.717, 1.165) is 0 Å². The van der Waals surface area contributed by atoms with Crippen molar-refractivity contribution >= 4 is 11.7 Å². The SMILES string of the molecule is O=C(O)c1c[nH]cc1-c1cccc([N+](=O)[O-])c1. The lowest BCUT2D eigenvalue weighted by Gasteiger charge is -2.00. The molecule has 0 amide bonds. The van der Waals surface area contributed by atoms with Crippen LogP contribution >= 0.6 is 0 Å². The van der Waals surface area contributed by atoms with E-state index in [4.69, 9.17) is 5.11 Å². The van der Waals surface area contributed by atoms with Crippen LogP contribution in [0.25, 0.3) is 11.1 Å². The molecule has 17 heavy (non-hydrogen) atoms. The number of hydrogen-bond acceptors (Lipinski definition) is 3. The van der Waals surface area contributed by atoms with Gasteiger partial charge in [0.1, 0.15) is 0 Å². The van der Waals surface area contributed by atoms with Gasteiger partial charge in [0.25, 0.3) is 5.69 Å². The number of carboxylic acid groups (broad SMARTS) is 1. The van der Waals surface area contributed by atoms with Crippen LogP contribution in [0.15, 0.2) is 36.7 Å². The average Bonchev–Trinajstić information content (AvgIpc) is 2.78. The number of hydrogen-bond donors (Lipinski definition) is 2. The Labute approximate surface area is 95.7 Å². The van der Waals surface area contributed by atoms with Gasteiger partial charge >= 0.3 is 5.97 Å². The molecule has 1 aromatic heterocycles. The maximum absolute atomic E-state index is 10.9. The summed E-state index contributed by atoms with van der Waals surface area (Å²) in [5.41, 5.74) is 0.949. The summed E-state index contributed by atoms with van der Waals surface area (Å²) in [4.78, 5) is 23.7. The number of rotatable bonds is 3. The molecular formula is C11H8N2O4. The Bertz CT molecular complexity index is 589. The van der Waals surface area contributed by atoms with Crippen LogP contribution in [-0.2, 0) is 0 Å². The van der Waals surface area contributed by atoms with Crippen LogP contribution < -0.4 is 0 Å². The van der Waals surface area contributed by atoms with Crippen LogP contribution in [0.5, 0.6) is 0 Å². The molecule has 0 saturated carbocycles. The zero-order chi connectivity index (χ0) is 12.4. The summed E-state index contributed by atoms with van der Waals surface area (Å²) in [5, 5.41) is 19.6. The highest BCUT2D eigenvalue weighted by Gasteiger charge is 2.14. The number of nitro benzene ring substituents is 1. The van der Waals surface area contributed by atoms with Crippen LogP contribution in [0.3, 0.4) is 0 Å². The minimum atomic E-state index is -1.08. The molecule has 1 heterocycles.